The summed E-state index contributed by atoms with van der Waals surface area (Å²) in [5.41, 5.74) is 3.15. The van der Waals surface area contributed by atoms with Crippen LogP contribution in [0.25, 0.3) is 0 Å². The molecule has 0 aliphatic rings. The van der Waals surface area contributed by atoms with Crippen LogP contribution in [0.15, 0.2) is 48.5 Å². The molecule has 2 aromatic rings. The first-order valence-corrected chi connectivity index (χ1v) is 10.3. The predicted octanol–water partition coefficient (Wildman–Crippen LogP) is 4.02. The van der Waals surface area contributed by atoms with Gasteiger partial charge in [0.25, 0.3) is 5.91 Å². The first-order valence-electron chi connectivity index (χ1n) is 10.3. The topological polar surface area (TPSA) is 58.6 Å². The summed E-state index contributed by atoms with van der Waals surface area (Å²) < 4.78 is 5.78. The smallest absolute Gasteiger partial charge is 0.261 e. The maximum absolute atomic E-state index is 13.1. The van der Waals surface area contributed by atoms with Crippen LogP contribution in [0.2, 0.25) is 0 Å². The molecule has 0 bridgehead atoms. The molecule has 0 saturated carbocycles. The van der Waals surface area contributed by atoms with E-state index in [2.05, 4.69) is 11.4 Å². The summed E-state index contributed by atoms with van der Waals surface area (Å²) in [6.07, 6.45) is 1.39. The third-order valence-corrected chi connectivity index (χ3v) is 4.69. The second-order valence-corrected chi connectivity index (χ2v) is 7.33. The second-order valence-electron chi connectivity index (χ2n) is 7.33. The van der Waals surface area contributed by atoms with Crippen LogP contribution < -0.4 is 10.1 Å². The van der Waals surface area contributed by atoms with Gasteiger partial charge in [-0.25, -0.2) is 0 Å². The van der Waals surface area contributed by atoms with E-state index in [1.807, 2.05) is 70.2 Å². The molecule has 0 unspecified atom stereocenters. The molecule has 0 aromatic heterocycles. The number of amides is 2. The van der Waals surface area contributed by atoms with Crippen molar-refractivity contribution in [3.8, 4) is 5.75 Å². The average molecular weight is 397 g/mol. The highest BCUT2D eigenvalue weighted by molar-refractivity contribution is 5.88. The molecule has 0 aliphatic carbocycles. The van der Waals surface area contributed by atoms with Crippen LogP contribution in [0.1, 0.15) is 43.4 Å². The molecule has 0 aliphatic heterocycles. The van der Waals surface area contributed by atoms with Gasteiger partial charge in [-0.3, -0.25) is 9.59 Å². The molecular weight excluding hydrogens is 364 g/mol. The SMILES string of the molecule is CCCNC(=O)[C@@H](CC)N(Cc1ccccc1)C(=O)COc1cc(C)cc(C)c1. The number of hydrogen-bond donors (Lipinski definition) is 1. The molecule has 0 spiro atoms. The Bertz CT molecular complexity index is 785. The highest BCUT2D eigenvalue weighted by atomic mass is 16.5. The van der Waals surface area contributed by atoms with Gasteiger partial charge in [0.2, 0.25) is 5.91 Å². The fourth-order valence-corrected chi connectivity index (χ4v) is 3.31. The van der Waals surface area contributed by atoms with Gasteiger partial charge in [-0.1, -0.05) is 50.2 Å². The lowest BCUT2D eigenvalue weighted by molar-refractivity contribution is -0.143. The zero-order valence-electron chi connectivity index (χ0n) is 17.9. The van der Waals surface area contributed by atoms with Crippen LogP contribution in [0.5, 0.6) is 5.75 Å². The van der Waals surface area contributed by atoms with E-state index in [-0.39, 0.29) is 18.4 Å². The van der Waals surface area contributed by atoms with Crippen molar-refractivity contribution in [3.05, 3.63) is 65.2 Å². The Morgan fingerprint density at radius 1 is 1.03 bits per heavy atom. The molecule has 0 saturated heterocycles. The van der Waals surface area contributed by atoms with Crippen LogP contribution in [-0.2, 0) is 16.1 Å². The quantitative estimate of drug-likeness (QED) is 0.660. The monoisotopic (exact) mass is 396 g/mol. The Labute approximate surface area is 174 Å². The Hall–Kier alpha value is -2.82. The molecule has 1 atom stereocenters. The number of hydrogen-bond acceptors (Lipinski definition) is 3. The minimum atomic E-state index is -0.530. The van der Waals surface area contributed by atoms with Gasteiger partial charge in [0.1, 0.15) is 11.8 Å². The number of aryl methyl sites for hydroxylation is 2. The molecule has 5 heteroatoms. The van der Waals surface area contributed by atoms with Crippen molar-refractivity contribution < 1.29 is 14.3 Å². The van der Waals surface area contributed by atoms with Crippen molar-refractivity contribution in [1.29, 1.82) is 0 Å². The van der Waals surface area contributed by atoms with Gasteiger partial charge in [-0.05, 0) is 55.5 Å². The number of ether oxygens (including phenoxy) is 1. The maximum atomic E-state index is 13.1. The Morgan fingerprint density at radius 2 is 1.69 bits per heavy atom. The lowest BCUT2D eigenvalue weighted by Gasteiger charge is -2.30. The molecule has 0 fully saturated rings. The Morgan fingerprint density at radius 3 is 2.28 bits per heavy atom. The molecule has 5 nitrogen and oxygen atoms in total. The van der Waals surface area contributed by atoms with Crippen molar-refractivity contribution in [2.75, 3.05) is 13.2 Å². The normalized spacial score (nSPS) is 11.6. The van der Waals surface area contributed by atoms with Crippen molar-refractivity contribution in [1.82, 2.24) is 10.2 Å². The lowest BCUT2D eigenvalue weighted by Crippen LogP contribution is -2.50. The van der Waals surface area contributed by atoms with Gasteiger partial charge < -0.3 is 15.0 Å². The van der Waals surface area contributed by atoms with E-state index in [1.54, 1.807) is 4.90 Å². The van der Waals surface area contributed by atoms with Crippen molar-refractivity contribution in [2.45, 2.75) is 53.1 Å². The number of nitrogens with zero attached hydrogens (tertiary/aromatic N) is 1. The first-order chi connectivity index (χ1) is 13.9. The number of benzene rings is 2. The second kappa shape index (κ2) is 11.2. The van der Waals surface area contributed by atoms with Gasteiger partial charge in [0.05, 0.1) is 0 Å². The highest BCUT2D eigenvalue weighted by Gasteiger charge is 2.28. The van der Waals surface area contributed by atoms with E-state index < -0.39 is 6.04 Å². The van der Waals surface area contributed by atoms with Crippen LogP contribution in [0.4, 0.5) is 0 Å². The number of carbonyl (C=O) groups is 2. The van der Waals surface area contributed by atoms with Crippen LogP contribution in [0, 0.1) is 13.8 Å². The molecular formula is C24H32N2O3. The minimum absolute atomic E-state index is 0.104. The van der Waals surface area contributed by atoms with Gasteiger partial charge in [0.15, 0.2) is 6.61 Å². The van der Waals surface area contributed by atoms with Crippen LogP contribution in [0.3, 0.4) is 0 Å². The average Bonchev–Trinajstić information content (AvgIpc) is 2.70. The molecule has 29 heavy (non-hydrogen) atoms. The predicted molar refractivity (Wildman–Crippen MR) is 116 cm³/mol. The largest absolute Gasteiger partial charge is 0.484 e. The van der Waals surface area contributed by atoms with Gasteiger partial charge >= 0.3 is 0 Å². The molecule has 0 radical (unpaired) electrons. The van der Waals surface area contributed by atoms with E-state index in [0.717, 1.165) is 23.1 Å². The summed E-state index contributed by atoms with van der Waals surface area (Å²) in [7, 11) is 0. The van der Waals surface area contributed by atoms with E-state index in [1.165, 1.54) is 0 Å². The first kappa shape index (κ1) is 22.5. The summed E-state index contributed by atoms with van der Waals surface area (Å²) in [6.45, 7) is 8.78. The Kier molecular flexibility index (Phi) is 8.71. The van der Waals surface area contributed by atoms with Crippen molar-refractivity contribution in [2.24, 2.45) is 0 Å². The lowest BCUT2D eigenvalue weighted by atomic mass is 10.1. The highest BCUT2D eigenvalue weighted by Crippen LogP contribution is 2.17. The number of rotatable bonds is 10. The molecule has 156 valence electrons. The van der Waals surface area contributed by atoms with Gasteiger partial charge in [-0.15, -0.1) is 0 Å². The van der Waals surface area contributed by atoms with Crippen LogP contribution in [-0.4, -0.2) is 35.9 Å². The van der Waals surface area contributed by atoms with E-state index in [4.69, 9.17) is 4.74 Å². The minimum Gasteiger partial charge on any atom is -0.484 e. The van der Waals surface area contributed by atoms with Crippen molar-refractivity contribution in [3.63, 3.8) is 0 Å². The summed E-state index contributed by atoms with van der Waals surface area (Å²) in [5, 5.41) is 2.92. The van der Waals surface area contributed by atoms with Gasteiger partial charge in [-0.2, -0.15) is 0 Å². The molecule has 0 heterocycles. The third-order valence-electron chi connectivity index (χ3n) is 4.69. The Balaban J connectivity index is 2.17. The summed E-state index contributed by atoms with van der Waals surface area (Å²) in [6, 6.07) is 15.1. The summed E-state index contributed by atoms with van der Waals surface area (Å²) >= 11 is 0. The van der Waals surface area contributed by atoms with E-state index in [9.17, 15) is 9.59 Å². The van der Waals surface area contributed by atoms with E-state index in [0.29, 0.717) is 25.3 Å². The maximum Gasteiger partial charge on any atom is 0.261 e. The molecule has 2 amide bonds. The summed E-state index contributed by atoms with van der Waals surface area (Å²) in [5.74, 6) is 0.343. The summed E-state index contributed by atoms with van der Waals surface area (Å²) in [4.78, 5) is 27.4. The zero-order valence-corrected chi connectivity index (χ0v) is 17.9. The fraction of sp³-hybridized carbons (Fsp3) is 0.417. The van der Waals surface area contributed by atoms with Crippen molar-refractivity contribution >= 4 is 11.8 Å². The molecule has 1 N–H and O–H groups in total. The van der Waals surface area contributed by atoms with Crippen LogP contribution >= 0.6 is 0 Å². The number of carbonyl (C=O) groups excluding carboxylic acids is 2. The standard InChI is InChI=1S/C24H32N2O3/c1-5-12-25-24(28)22(6-2)26(16-20-10-8-7-9-11-20)23(27)17-29-21-14-18(3)13-19(4)15-21/h7-11,13-15,22H,5-6,12,16-17H2,1-4H3,(H,25,28)/t22-/m1/s1. The molecule has 2 aromatic carbocycles. The fourth-order valence-electron chi connectivity index (χ4n) is 3.31. The van der Waals surface area contributed by atoms with Gasteiger partial charge in [0, 0.05) is 13.1 Å². The van der Waals surface area contributed by atoms with E-state index >= 15 is 0 Å². The molecule has 2 rings (SSSR count). The number of nitrogens with one attached hydrogen (secondary N) is 1. The zero-order chi connectivity index (χ0) is 21.2. The third kappa shape index (κ3) is 6.93.